The number of nitrogens with zero attached hydrogens (tertiary/aromatic N) is 2. The molecule has 8 nitrogen and oxygen atoms in total. The van der Waals surface area contributed by atoms with Crippen LogP contribution in [0.1, 0.15) is 21.5 Å². The largest absolute Gasteiger partial charge is 0.323 e. The molecule has 0 atom stereocenters. The van der Waals surface area contributed by atoms with Crippen LogP contribution in [0, 0.1) is 29.4 Å². The molecule has 3 aromatic rings. The molecule has 3 rings (SSSR count). The number of hydrogen-bond donors (Lipinski definition) is 1. The number of anilines is 1. The Kier molecular flexibility index (Phi) is 7.10. The van der Waals surface area contributed by atoms with Crippen molar-refractivity contribution in [1.82, 2.24) is 4.90 Å². The molecule has 1 N–H and O–H groups in total. The Morgan fingerprint density at radius 2 is 1.79 bits per heavy atom. The van der Waals surface area contributed by atoms with Gasteiger partial charge in [0.1, 0.15) is 0 Å². The van der Waals surface area contributed by atoms with Crippen LogP contribution >= 0.6 is 0 Å². The number of amides is 1. The molecule has 0 aromatic heterocycles. The highest BCUT2D eigenvalue weighted by atomic mass is 32.2. The van der Waals surface area contributed by atoms with Gasteiger partial charge in [-0.1, -0.05) is 53.9 Å². The highest BCUT2D eigenvalue weighted by Crippen LogP contribution is 2.24. The van der Waals surface area contributed by atoms with Gasteiger partial charge in [0, 0.05) is 18.7 Å². The summed E-state index contributed by atoms with van der Waals surface area (Å²) in [5, 5.41) is 11.0. The number of aryl methyl sites for hydroxylation is 1. The fourth-order valence-corrected chi connectivity index (χ4v) is 4.24. The maximum Gasteiger partial charge on any atom is 0.270 e. The zero-order valence-electron chi connectivity index (χ0n) is 17.8. The minimum Gasteiger partial charge on any atom is -0.323 e. The summed E-state index contributed by atoms with van der Waals surface area (Å²) in [7, 11) is -4.19. The molecule has 0 unspecified atom stereocenters. The first kappa shape index (κ1) is 23.5. The van der Waals surface area contributed by atoms with Crippen LogP contribution in [0.3, 0.4) is 0 Å². The Labute approximate surface area is 192 Å². The molecule has 0 radical (unpaired) electrons. The van der Waals surface area contributed by atoms with E-state index in [4.69, 9.17) is 6.42 Å². The van der Waals surface area contributed by atoms with Crippen LogP contribution in [0.5, 0.6) is 0 Å². The third-order valence-electron chi connectivity index (χ3n) is 4.80. The molecule has 0 aliphatic rings. The van der Waals surface area contributed by atoms with E-state index in [1.165, 1.54) is 35.2 Å². The number of para-hydroxylation sites is 1. The van der Waals surface area contributed by atoms with Crippen LogP contribution < -0.4 is 4.72 Å². The van der Waals surface area contributed by atoms with E-state index < -0.39 is 20.9 Å². The van der Waals surface area contributed by atoms with E-state index in [0.29, 0.717) is 0 Å². The summed E-state index contributed by atoms with van der Waals surface area (Å²) in [4.78, 5) is 24.8. The van der Waals surface area contributed by atoms with Crippen molar-refractivity contribution in [2.75, 3.05) is 11.3 Å². The van der Waals surface area contributed by atoms with Gasteiger partial charge in [0.15, 0.2) is 0 Å². The predicted octanol–water partition coefficient (Wildman–Crippen LogP) is 3.98. The van der Waals surface area contributed by atoms with Gasteiger partial charge in [-0.15, -0.1) is 6.42 Å². The van der Waals surface area contributed by atoms with E-state index in [1.54, 1.807) is 12.1 Å². The fourth-order valence-electron chi connectivity index (χ4n) is 3.12. The average Bonchev–Trinajstić information content (AvgIpc) is 2.80. The Bertz CT molecular complexity index is 1330. The fraction of sp³-hybridized carbons (Fsp3) is 0.125. The molecule has 0 fully saturated rings. The molecule has 0 aliphatic carbocycles. The first-order chi connectivity index (χ1) is 15.7. The van der Waals surface area contributed by atoms with Gasteiger partial charge in [-0.3, -0.25) is 19.6 Å². The van der Waals surface area contributed by atoms with Gasteiger partial charge in [0.2, 0.25) is 0 Å². The minimum absolute atomic E-state index is 0.0265. The number of benzene rings is 3. The lowest BCUT2D eigenvalue weighted by Gasteiger charge is -2.22. The van der Waals surface area contributed by atoms with Gasteiger partial charge in [-0.2, -0.15) is 0 Å². The minimum atomic E-state index is -4.19. The van der Waals surface area contributed by atoms with Crippen molar-refractivity contribution in [2.24, 2.45) is 0 Å². The van der Waals surface area contributed by atoms with E-state index in [9.17, 15) is 23.3 Å². The summed E-state index contributed by atoms with van der Waals surface area (Å²) in [6, 6.07) is 18.4. The van der Waals surface area contributed by atoms with Crippen molar-refractivity contribution in [3.05, 3.63) is 99.6 Å². The lowest BCUT2D eigenvalue weighted by atomic mass is 10.1. The smallest absolute Gasteiger partial charge is 0.270 e. The first-order valence-electron chi connectivity index (χ1n) is 9.86. The molecule has 0 heterocycles. The van der Waals surface area contributed by atoms with Gasteiger partial charge in [-0.05, 0) is 30.7 Å². The van der Waals surface area contributed by atoms with E-state index >= 15 is 0 Å². The predicted molar refractivity (Wildman–Crippen MR) is 125 cm³/mol. The maximum atomic E-state index is 13.3. The van der Waals surface area contributed by atoms with Crippen LogP contribution in [0.15, 0.2) is 77.7 Å². The van der Waals surface area contributed by atoms with Gasteiger partial charge in [0.05, 0.1) is 27.6 Å². The molecule has 168 valence electrons. The lowest BCUT2D eigenvalue weighted by Crippen LogP contribution is -2.31. The number of rotatable bonds is 8. The summed E-state index contributed by atoms with van der Waals surface area (Å²) in [6.45, 7) is 2.23. The molecule has 0 saturated heterocycles. The highest BCUT2D eigenvalue weighted by Gasteiger charge is 2.23. The summed E-state index contributed by atoms with van der Waals surface area (Å²) >= 11 is 0. The number of carbonyl (C=O) groups is 1. The van der Waals surface area contributed by atoms with Crippen LogP contribution in [-0.2, 0) is 16.6 Å². The number of terminal acetylenes is 1. The van der Waals surface area contributed by atoms with Crippen LogP contribution in [0.25, 0.3) is 0 Å². The van der Waals surface area contributed by atoms with Gasteiger partial charge in [0.25, 0.3) is 21.6 Å². The van der Waals surface area contributed by atoms with Crippen LogP contribution in [0.4, 0.5) is 11.4 Å². The second-order valence-corrected chi connectivity index (χ2v) is 8.94. The monoisotopic (exact) mass is 463 g/mol. The molecule has 0 bridgehead atoms. The summed E-state index contributed by atoms with van der Waals surface area (Å²) < 4.78 is 28.1. The Balaban J connectivity index is 1.91. The maximum absolute atomic E-state index is 13.3. The van der Waals surface area contributed by atoms with Crippen molar-refractivity contribution in [1.29, 1.82) is 0 Å². The molecule has 3 aromatic carbocycles. The number of hydrogen-bond acceptors (Lipinski definition) is 5. The van der Waals surface area contributed by atoms with Crippen LogP contribution in [-0.4, -0.2) is 30.7 Å². The lowest BCUT2D eigenvalue weighted by molar-refractivity contribution is -0.385. The summed E-state index contributed by atoms with van der Waals surface area (Å²) in [5.41, 5.74) is 1.74. The van der Waals surface area contributed by atoms with E-state index in [1.807, 2.05) is 31.2 Å². The zero-order valence-corrected chi connectivity index (χ0v) is 18.6. The Hall–Kier alpha value is -4.16. The van der Waals surface area contributed by atoms with Crippen molar-refractivity contribution < 1.29 is 18.1 Å². The van der Waals surface area contributed by atoms with Crippen LogP contribution in [0.2, 0.25) is 0 Å². The molecular formula is C24H21N3O5S. The topological polar surface area (TPSA) is 110 Å². The number of nitrogens with one attached hydrogen (secondary N) is 1. The first-order valence-corrected chi connectivity index (χ1v) is 11.3. The molecular weight excluding hydrogens is 442 g/mol. The summed E-state index contributed by atoms with van der Waals surface area (Å²) in [6.07, 6.45) is 5.47. The summed E-state index contributed by atoms with van der Waals surface area (Å²) in [5.74, 6) is 2.01. The molecule has 33 heavy (non-hydrogen) atoms. The van der Waals surface area contributed by atoms with E-state index in [-0.39, 0.29) is 34.9 Å². The Morgan fingerprint density at radius 3 is 2.45 bits per heavy atom. The molecule has 9 heteroatoms. The van der Waals surface area contributed by atoms with E-state index in [2.05, 4.69) is 10.6 Å². The highest BCUT2D eigenvalue weighted by molar-refractivity contribution is 7.92. The van der Waals surface area contributed by atoms with Crippen molar-refractivity contribution in [3.63, 3.8) is 0 Å². The number of non-ortho nitro benzene ring substituents is 1. The number of nitro groups is 1. The van der Waals surface area contributed by atoms with Crippen molar-refractivity contribution >= 4 is 27.3 Å². The van der Waals surface area contributed by atoms with E-state index in [0.717, 1.165) is 17.2 Å². The third-order valence-corrected chi connectivity index (χ3v) is 6.17. The molecule has 0 aliphatic heterocycles. The molecule has 1 amide bonds. The van der Waals surface area contributed by atoms with Gasteiger partial charge in [-0.25, -0.2) is 8.42 Å². The number of sulfonamides is 1. The second-order valence-electron chi connectivity index (χ2n) is 7.26. The average molecular weight is 464 g/mol. The molecule has 0 saturated carbocycles. The van der Waals surface area contributed by atoms with Crippen molar-refractivity contribution in [3.8, 4) is 12.3 Å². The number of carbonyl (C=O) groups excluding carboxylic acids is 1. The zero-order chi connectivity index (χ0) is 24.0. The van der Waals surface area contributed by atoms with Gasteiger partial charge < -0.3 is 4.90 Å². The normalized spacial score (nSPS) is 10.8. The van der Waals surface area contributed by atoms with Crippen molar-refractivity contribution in [2.45, 2.75) is 18.4 Å². The number of nitro benzene ring substituents is 1. The third kappa shape index (κ3) is 5.75. The Morgan fingerprint density at radius 1 is 1.09 bits per heavy atom. The standard InChI is InChI=1S/C24H21N3O5S/c1-3-15-26(17-19-13-11-18(2)12-14-19)24(28)22-9-4-5-10-23(22)25-33(31,32)21-8-6-7-20(16-21)27(29)30/h1,4-14,16,25H,15,17H2,2H3. The molecule has 0 spiro atoms. The second kappa shape index (κ2) is 9.97. The SMILES string of the molecule is C#CCN(Cc1ccc(C)cc1)C(=O)c1ccccc1NS(=O)(=O)c1cccc([N+](=O)[O-])c1. The quantitative estimate of drug-likeness (QED) is 0.309. The van der Waals surface area contributed by atoms with Gasteiger partial charge >= 0.3 is 0 Å².